The molecule has 0 aliphatic heterocycles. The van der Waals surface area contributed by atoms with Gasteiger partial charge in [0.1, 0.15) is 12.4 Å². The van der Waals surface area contributed by atoms with Crippen LogP contribution in [0.2, 0.25) is 0 Å². The second-order valence-electron chi connectivity index (χ2n) is 6.51. The van der Waals surface area contributed by atoms with Crippen LogP contribution >= 0.6 is 0 Å². The molecule has 25 heavy (non-hydrogen) atoms. The second kappa shape index (κ2) is 31.3. The molecule has 0 saturated carbocycles. The molecule has 3 N–H and O–H groups in total. The largest absolute Gasteiger partial charge is 0.394 e. The average molecular weight is 363 g/mol. The van der Waals surface area contributed by atoms with Gasteiger partial charge in [0.15, 0.2) is 0 Å². The lowest BCUT2D eigenvalue weighted by Crippen LogP contribution is -2.15. The Kier molecular flexibility index (Phi) is 36.7. The van der Waals surface area contributed by atoms with Gasteiger partial charge >= 0.3 is 0 Å². The van der Waals surface area contributed by atoms with E-state index >= 15 is 0 Å². The lowest BCUT2D eigenvalue weighted by Gasteiger charge is -1.98. The predicted molar refractivity (Wildman–Crippen MR) is 108 cm³/mol. The number of rotatable bonds is 15. The zero-order chi connectivity index (χ0) is 19.6. The standard InChI is InChI=1S/C11H22O.C7H16.C3H8O3/c1-2-3-4-5-6-7-8-9-10-11-12;1-3-5-7-6-4-2;4-1-3(6)2-5/h11H,2-10H2,1H3;3-7H2,1-2H3;3-6H,1-2H2. The normalized spacial score (nSPS) is 9.88. The van der Waals surface area contributed by atoms with Crippen molar-refractivity contribution < 1.29 is 20.1 Å². The molecule has 0 rings (SSSR count). The van der Waals surface area contributed by atoms with Crippen LogP contribution in [0.5, 0.6) is 0 Å². The van der Waals surface area contributed by atoms with Gasteiger partial charge in [-0.05, 0) is 6.42 Å². The first-order valence-electron chi connectivity index (χ1n) is 10.5. The van der Waals surface area contributed by atoms with Crippen LogP contribution in [0.4, 0.5) is 0 Å². The van der Waals surface area contributed by atoms with E-state index in [1.54, 1.807) is 0 Å². The summed E-state index contributed by atoms with van der Waals surface area (Å²) in [6.45, 7) is 6.00. The van der Waals surface area contributed by atoms with Crippen LogP contribution in [-0.4, -0.2) is 40.9 Å². The Morgan fingerprint density at radius 3 is 1.24 bits per heavy atom. The van der Waals surface area contributed by atoms with Crippen LogP contribution < -0.4 is 0 Å². The van der Waals surface area contributed by atoms with Gasteiger partial charge in [0.2, 0.25) is 0 Å². The lowest BCUT2D eigenvalue weighted by atomic mass is 10.1. The Bertz CT molecular complexity index is 202. The van der Waals surface area contributed by atoms with E-state index in [0.29, 0.717) is 0 Å². The maximum absolute atomic E-state index is 9.98. The summed E-state index contributed by atoms with van der Waals surface area (Å²) in [5.41, 5.74) is 0. The summed E-state index contributed by atoms with van der Waals surface area (Å²) in [7, 11) is 0. The monoisotopic (exact) mass is 362 g/mol. The highest BCUT2D eigenvalue weighted by Crippen LogP contribution is 2.08. The molecule has 0 unspecified atom stereocenters. The van der Waals surface area contributed by atoms with Crippen molar-refractivity contribution in [3.8, 4) is 0 Å². The summed E-state index contributed by atoms with van der Waals surface area (Å²) in [6, 6.07) is 0. The first kappa shape index (κ1) is 29.3. The number of unbranched alkanes of at least 4 members (excludes halogenated alkanes) is 12. The molecule has 0 radical (unpaired) electrons. The van der Waals surface area contributed by atoms with Crippen LogP contribution in [-0.2, 0) is 4.79 Å². The molecule has 0 aromatic rings. The Balaban J connectivity index is -0.000000317. The molecule has 0 heterocycles. The number of carbonyl (C=O) groups is 1. The maximum atomic E-state index is 9.98. The van der Waals surface area contributed by atoms with Crippen molar-refractivity contribution in [1.29, 1.82) is 0 Å². The number of aliphatic hydroxyl groups is 3. The van der Waals surface area contributed by atoms with Crippen LogP contribution in [0, 0.1) is 0 Å². The lowest BCUT2D eigenvalue weighted by molar-refractivity contribution is -0.107. The van der Waals surface area contributed by atoms with Crippen LogP contribution in [0.1, 0.15) is 111 Å². The summed E-state index contributed by atoms with van der Waals surface area (Å²) >= 11 is 0. The maximum Gasteiger partial charge on any atom is 0.119 e. The number of hydrogen-bond donors (Lipinski definition) is 3. The van der Waals surface area contributed by atoms with Crippen molar-refractivity contribution in [2.24, 2.45) is 0 Å². The summed E-state index contributed by atoms with van der Waals surface area (Å²) in [5, 5.41) is 24.0. The minimum absolute atomic E-state index is 0.365. The third kappa shape index (κ3) is 39.9. The molecule has 0 saturated heterocycles. The molecule has 0 bridgehead atoms. The fourth-order valence-corrected chi connectivity index (χ4v) is 2.10. The highest BCUT2D eigenvalue weighted by Gasteiger charge is 1.93. The van der Waals surface area contributed by atoms with Crippen molar-refractivity contribution in [3.63, 3.8) is 0 Å². The second-order valence-corrected chi connectivity index (χ2v) is 6.51. The van der Waals surface area contributed by atoms with Gasteiger partial charge < -0.3 is 20.1 Å². The number of aliphatic hydroxyl groups excluding tert-OH is 3. The highest BCUT2D eigenvalue weighted by molar-refractivity contribution is 5.48. The van der Waals surface area contributed by atoms with Gasteiger partial charge in [-0.3, -0.25) is 0 Å². The zero-order valence-corrected chi connectivity index (χ0v) is 17.2. The summed E-state index contributed by atoms with van der Waals surface area (Å²) in [6.07, 6.45) is 18.3. The van der Waals surface area contributed by atoms with Gasteiger partial charge in [-0.2, -0.15) is 0 Å². The molecule has 0 spiro atoms. The number of aldehydes is 1. The molecule has 0 amide bonds. The van der Waals surface area contributed by atoms with Gasteiger partial charge in [0.05, 0.1) is 13.2 Å². The SMILES string of the molecule is CCCCCCC.CCCCCCCCCCC=O.OCC(O)CO. The van der Waals surface area contributed by atoms with E-state index in [9.17, 15) is 4.79 Å². The third-order valence-electron chi connectivity index (χ3n) is 3.80. The first-order valence-corrected chi connectivity index (χ1v) is 10.5. The van der Waals surface area contributed by atoms with Gasteiger partial charge in [-0.25, -0.2) is 0 Å². The Hall–Kier alpha value is -0.450. The predicted octanol–water partition coefficient (Wildman–Crippen LogP) is 5.02. The molecule has 0 aliphatic carbocycles. The molecule has 0 aromatic heterocycles. The molecule has 0 aliphatic rings. The van der Waals surface area contributed by atoms with Crippen LogP contribution in [0.15, 0.2) is 0 Å². The molecule has 0 fully saturated rings. The van der Waals surface area contributed by atoms with E-state index in [0.717, 1.165) is 19.1 Å². The van der Waals surface area contributed by atoms with E-state index in [4.69, 9.17) is 15.3 Å². The van der Waals surface area contributed by atoms with Gasteiger partial charge in [0, 0.05) is 6.42 Å². The number of hydrogen-bond acceptors (Lipinski definition) is 4. The molecule has 4 nitrogen and oxygen atoms in total. The third-order valence-corrected chi connectivity index (χ3v) is 3.80. The van der Waals surface area contributed by atoms with Crippen molar-refractivity contribution in [2.45, 2.75) is 117 Å². The van der Waals surface area contributed by atoms with Crippen molar-refractivity contribution in [1.82, 2.24) is 0 Å². The van der Waals surface area contributed by atoms with Gasteiger partial charge in [0.25, 0.3) is 0 Å². The Morgan fingerprint density at radius 2 is 0.960 bits per heavy atom. The first-order chi connectivity index (χ1) is 12.1. The molecular weight excluding hydrogens is 316 g/mol. The van der Waals surface area contributed by atoms with Gasteiger partial charge in [-0.15, -0.1) is 0 Å². The quantitative estimate of drug-likeness (QED) is 0.282. The molecule has 0 atom stereocenters. The summed E-state index contributed by atoms with van der Waals surface area (Å²) in [4.78, 5) is 9.98. The summed E-state index contributed by atoms with van der Waals surface area (Å²) < 4.78 is 0. The van der Waals surface area contributed by atoms with Crippen LogP contribution in [0.25, 0.3) is 0 Å². The van der Waals surface area contributed by atoms with E-state index in [2.05, 4.69) is 20.8 Å². The fraction of sp³-hybridized carbons (Fsp3) is 0.952. The van der Waals surface area contributed by atoms with Crippen molar-refractivity contribution in [2.75, 3.05) is 13.2 Å². The van der Waals surface area contributed by atoms with Crippen LogP contribution in [0.3, 0.4) is 0 Å². The topological polar surface area (TPSA) is 77.8 Å². The molecule has 154 valence electrons. The minimum atomic E-state index is -0.954. The molecule has 4 heteroatoms. The van der Waals surface area contributed by atoms with Crippen molar-refractivity contribution in [3.05, 3.63) is 0 Å². The molecular formula is C21H46O4. The Morgan fingerprint density at radius 1 is 0.640 bits per heavy atom. The van der Waals surface area contributed by atoms with Crippen molar-refractivity contribution >= 4 is 6.29 Å². The van der Waals surface area contributed by atoms with E-state index in [1.807, 2.05) is 0 Å². The zero-order valence-electron chi connectivity index (χ0n) is 17.2. The average Bonchev–Trinajstić information content (AvgIpc) is 2.65. The molecule has 0 aromatic carbocycles. The summed E-state index contributed by atoms with van der Waals surface area (Å²) in [5.74, 6) is 0. The van der Waals surface area contributed by atoms with E-state index in [1.165, 1.54) is 77.0 Å². The van der Waals surface area contributed by atoms with Gasteiger partial charge in [-0.1, -0.05) is 97.8 Å². The highest BCUT2D eigenvalue weighted by atomic mass is 16.3. The fourth-order valence-electron chi connectivity index (χ4n) is 2.10. The van der Waals surface area contributed by atoms with E-state index < -0.39 is 6.10 Å². The van der Waals surface area contributed by atoms with E-state index in [-0.39, 0.29) is 13.2 Å². The smallest absolute Gasteiger partial charge is 0.119 e. The minimum Gasteiger partial charge on any atom is -0.394 e. The Labute approximate surface area is 157 Å². The number of carbonyl (C=O) groups excluding carboxylic acids is 1.